The molecule has 0 bridgehead atoms. The highest BCUT2D eigenvalue weighted by Gasteiger charge is 2.17. The van der Waals surface area contributed by atoms with Crippen molar-refractivity contribution in [2.45, 2.75) is 33.6 Å². The van der Waals surface area contributed by atoms with E-state index in [-0.39, 0.29) is 0 Å². The molecule has 5 nitrogen and oxygen atoms in total. The Hall–Kier alpha value is -1.62. The molecular weight excluding hydrogens is 242 g/mol. The van der Waals surface area contributed by atoms with Gasteiger partial charge in [0.05, 0.1) is 6.26 Å². The third-order valence-corrected chi connectivity index (χ3v) is 3.13. The van der Waals surface area contributed by atoms with E-state index >= 15 is 0 Å². The molecule has 1 unspecified atom stereocenters. The molecule has 0 aliphatic heterocycles. The van der Waals surface area contributed by atoms with Crippen molar-refractivity contribution in [3.05, 3.63) is 23.8 Å². The highest BCUT2D eigenvalue weighted by Crippen LogP contribution is 2.22. The second-order valence-corrected chi connectivity index (χ2v) is 5.38. The van der Waals surface area contributed by atoms with Gasteiger partial charge in [0, 0.05) is 6.42 Å². The van der Waals surface area contributed by atoms with Crippen LogP contribution in [0.25, 0.3) is 11.6 Å². The van der Waals surface area contributed by atoms with Gasteiger partial charge in [-0.1, -0.05) is 19.0 Å². The molecule has 2 rings (SSSR count). The van der Waals surface area contributed by atoms with Gasteiger partial charge in [-0.25, -0.2) is 0 Å². The van der Waals surface area contributed by atoms with Crippen LogP contribution >= 0.6 is 0 Å². The van der Waals surface area contributed by atoms with Crippen molar-refractivity contribution in [3.63, 3.8) is 0 Å². The Balaban J connectivity index is 2.07. The Kier molecular flexibility index (Phi) is 4.37. The van der Waals surface area contributed by atoms with Gasteiger partial charge in [0.2, 0.25) is 11.7 Å². The molecule has 0 saturated carbocycles. The number of hydrogen-bond donors (Lipinski definition) is 1. The zero-order chi connectivity index (χ0) is 13.8. The van der Waals surface area contributed by atoms with Crippen LogP contribution in [0, 0.1) is 18.8 Å². The third kappa shape index (κ3) is 3.44. The topological polar surface area (TPSA) is 78.1 Å². The molecule has 104 valence electrons. The average molecular weight is 263 g/mol. The summed E-state index contributed by atoms with van der Waals surface area (Å²) in [6.07, 6.45) is 3.41. The Morgan fingerprint density at radius 2 is 2.16 bits per heavy atom. The normalized spacial score (nSPS) is 13.1. The zero-order valence-corrected chi connectivity index (χ0v) is 11.7. The Morgan fingerprint density at radius 1 is 1.37 bits per heavy atom. The minimum absolute atomic E-state index is 0.381. The predicted molar refractivity (Wildman–Crippen MR) is 72.4 cm³/mol. The van der Waals surface area contributed by atoms with E-state index in [2.05, 4.69) is 24.0 Å². The Morgan fingerprint density at radius 3 is 2.74 bits per heavy atom. The minimum Gasteiger partial charge on any atom is -0.461 e. The molecule has 19 heavy (non-hydrogen) atoms. The van der Waals surface area contributed by atoms with Crippen molar-refractivity contribution < 1.29 is 8.94 Å². The maximum absolute atomic E-state index is 5.79. The lowest BCUT2D eigenvalue weighted by Crippen LogP contribution is -2.19. The molecule has 2 aromatic heterocycles. The fraction of sp³-hybridized carbons (Fsp3) is 0.571. The monoisotopic (exact) mass is 263 g/mol. The Labute approximate surface area is 113 Å². The highest BCUT2D eigenvalue weighted by molar-refractivity contribution is 5.50. The summed E-state index contributed by atoms with van der Waals surface area (Å²) in [5.41, 5.74) is 6.79. The quantitative estimate of drug-likeness (QED) is 0.867. The summed E-state index contributed by atoms with van der Waals surface area (Å²) in [4.78, 5) is 4.38. The van der Waals surface area contributed by atoms with Crippen LogP contribution in [0.15, 0.2) is 21.3 Å². The van der Waals surface area contributed by atoms with Gasteiger partial charge < -0.3 is 14.7 Å². The van der Waals surface area contributed by atoms with Gasteiger partial charge in [0.15, 0.2) is 5.76 Å². The van der Waals surface area contributed by atoms with Crippen LogP contribution in [0.2, 0.25) is 0 Å². The number of aryl methyl sites for hydroxylation is 1. The summed E-state index contributed by atoms with van der Waals surface area (Å²) >= 11 is 0. The average Bonchev–Trinajstić information content (AvgIpc) is 2.96. The van der Waals surface area contributed by atoms with Gasteiger partial charge >= 0.3 is 0 Å². The first-order chi connectivity index (χ1) is 9.10. The maximum atomic E-state index is 5.79. The SMILES string of the molecule is Cc1ccoc1-c1noc(CC(CN)CC(C)C)n1. The molecule has 2 N–H and O–H groups in total. The molecule has 5 heteroatoms. The first-order valence-corrected chi connectivity index (χ1v) is 6.67. The first kappa shape index (κ1) is 13.8. The van der Waals surface area contributed by atoms with E-state index in [0.717, 1.165) is 18.4 Å². The van der Waals surface area contributed by atoms with Gasteiger partial charge in [-0.2, -0.15) is 4.98 Å². The summed E-state index contributed by atoms with van der Waals surface area (Å²) in [6, 6.07) is 1.88. The molecule has 0 fully saturated rings. The van der Waals surface area contributed by atoms with Crippen LogP contribution < -0.4 is 5.73 Å². The molecule has 0 radical (unpaired) electrons. The number of nitrogens with two attached hydrogens (primary N) is 1. The summed E-state index contributed by atoms with van der Waals surface area (Å²) < 4.78 is 10.6. The number of nitrogens with zero attached hydrogens (tertiary/aromatic N) is 2. The molecule has 1 atom stereocenters. The summed E-state index contributed by atoms with van der Waals surface area (Å²) in [7, 11) is 0. The molecule has 0 amide bonds. The van der Waals surface area contributed by atoms with Crippen LogP contribution in [0.3, 0.4) is 0 Å². The molecule has 0 spiro atoms. The smallest absolute Gasteiger partial charge is 0.238 e. The van der Waals surface area contributed by atoms with Crippen LogP contribution in [0.1, 0.15) is 31.7 Å². The van der Waals surface area contributed by atoms with E-state index in [1.807, 2.05) is 13.0 Å². The van der Waals surface area contributed by atoms with E-state index in [0.29, 0.717) is 35.9 Å². The van der Waals surface area contributed by atoms with Crippen molar-refractivity contribution in [3.8, 4) is 11.6 Å². The summed E-state index contributed by atoms with van der Waals surface area (Å²) in [5.74, 6) is 2.80. The fourth-order valence-corrected chi connectivity index (χ4v) is 2.21. The highest BCUT2D eigenvalue weighted by atomic mass is 16.5. The van der Waals surface area contributed by atoms with Gasteiger partial charge in [-0.15, -0.1) is 0 Å². The molecule has 0 aromatic carbocycles. The van der Waals surface area contributed by atoms with Gasteiger partial charge in [0.1, 0.15) is 0 Å². The lowest BCUT2D eigenvalue weighted by Gasteiger charge is -2.14. The Bertz CT molecular complexity index is 516. The van der Waals surface area contributed by atoms with Gasteiger partial charge in [-0.05, 0) is 43.4 Å². The lowest BCUT2D eigenvalue weighted by molar-refractivity contribution is 0.331. The standard InChI is InChI=1S/C14H21N3O2/c1-9(2)6-11(8-15)7-12-16-14(17-19-12)13-10(3)4-5-18-13/h4-5,9,11H,6-8,15H2,1-3H3. The first-order valence-electron chi connectivity index (χ1n) is 6.67. The molecule has 0 saturated heterocycles. The second kappa shape index (κ2) is 6.02. The van der Waals surface area contributed by atoms with Crippen LogP contribution in [0.5, 0.6) is 0 Å². The number of aromatic nitrogens is 2. The number of hydrogen-bond acceptors (Lipinski definition) is 5. The predicted octanol–water partition coefficient (Wildman–Crippen LogP) is 2.80. The van der Waals surface area contributed by atoms with E-state index in [9.17, 15) is 0 Å². The van der Waals surface area contributed by atoms with Gasteiger partial charge in [-0.3, -0.25) is 0 Å². The van der Waals surface area contributed by atoms with Crippen molar-refractivity contribution in [2.75, 3.05) is 6.54 Å². The van der Waals surface area contributed by atoms with Crippen molar-refractivity contribution >= 4 is 0 Å². The van der Waals surface area contributed by atoms with Crippen molar-refractivity contribution in [1.29, 1.82) is 0 Å². The van der Waals surface area contributed by atoms with Crippen LogP contribution in [-0.2, 0) is 6.42 Å². The zero-order valence-electron chi connectivity index (χ0n) is 11.7. The van der Waals surface area contributed by atoms with Gasteiger partial charge in [0.25, 0.3) is 0 Å². The van der Waals surface area contributed by atoms with E-state index in [1.54, 1.807) is 6.26 Å². The summed E-state index contributed by atoms with van der Waals surface area (Å²) in [5, 5.41) is 3.97. The number of rotatable bonds is 6. The lowest BCUT2D eigenvalue weighted by atomic mass is 9.94. The van der Waals surface area contributed by atoms with Crippen molar-refractivity contribution in [2.24, 2.45) is 17.6 Å². The largest absolute Gasteiger partial charge is 0.461 e. The van der Waals surface area contributed by atoms with Crippen LogP contribution in [-0.4, -0.2) is 16.7 Å². The second-order valence-electron chi connectivity index (χ2n) is 5.38. The summed E-state index contributed by atoms with van der Waals surface area (Å²) in [6.45, 7) is 6.97. The molecular formula is C14H21N3O2. The van der Waals surface area contributed by atoms with E-state index in [1.165, 1.54) is 0 Å². The number of furan rings is 1. The van der Waals surface area contributed by atoms with E-state index < -0.39 is 0 Å². The third-order valence-electron chi connectivity index (χ3n) is 3.13. The van der Waals surface area contributed by atoms with E-state index in [4.69, 9.17) is 14.7 Å². The minimum atomic E-state index is 0.381. The molecule has 0 aliphatic rings. The maximum Gasteiger partial charge on any atom is 0.238 e. The van der Waals surface area contributed by atoms with Crippen LogP contribution in [0.4, 0.5) is 0 Å². The fourth-order valence-electron chi connectivity index (χ4n) is 2.21. The molecule has 2 heterocycles. The molecule has 2 aromatic rings. The molecule has 0 aliphatic carbocycles. The van der Waals surface area contributed by atoms with Crippen molar-refractivity contribution in [1.82, 2.24) is 10.1 Å².